The number of benzene rings is 4. The molecule has 0 spiro atoms. The maximum Gasteiger partial charge on any atom is 0.142 e. The Morgan fingerprint density at radius 2 is 1.29 bits per heavy atom. The van der Waals surface area contributed by atoms with Crippen LogP contribution in [0.1, 0.15) is 13.8 Å². The summed E-state index contributed by atoms with van der Waals surface area (Å²) < 4.78 is 6.26. The van der Waals surface area contributed by atoms with E-state index in [1.165, 1.54) is 0 Å². The molecule has 3 nitrogen and oxygen atoms in total. The molecular weight excluding hydrogens is 346 g/mol. The Hall–Kier alpha value is -3.04. The molecule has 0 bridgehead atoms. The largest absolute Gasteiger partial charge is 0.507 e. The van der Waals surface area contributed by atoms with Gasteiger partial charge in [-0.3, -0.25) is 4.90 Å². The molecule has 0 atom stereocenters. The van der Waals surface area contributed by atoms with Crippen LogP contribution in [-0.2, 0) is 0 Å². The van der Waals surface area contributed by atoms with Gasteiger partial charge in [0.25, 0.3) is 0 Å². The van der Waals surface area contributed by atoms with Crippen molar-refractivity contribution in [2.45, 2.75) is 13.8 Å². The van der Waals surface area contributed by atoms with Crippen LogP contribution < -0.4 is 4.74 Å². The second-order valence-corrected chi connectivity index (χ2v) is 6.92. The quantitative estimate of drug-likeness (QED) is 0.419. The topological polar surface area (TPSA) is 32.7 Å². The Morgan fingerprint density at radius 1 is 0.714 bits per heavy atom. The highest BCUT2D eigenvalue weighted by molar-refractivity contribution is 6.09. The average molecular weight is 371 g/mol. The van der Waals surface area contributed by atoms with Gasteiger partial charge in [-0.05, 0) is 46.8 Å². The molecule has 142 valence electrons. The summed E-state index contributed by atoms with van der Waals surface area (Å²) >= 11 is 0. The minimum atomic E-state index is 0.266. The third-order valence-corrected chi connectivity index (χ3v) is 5.34. The third kappa shape index (κ3) is 3.30. The smallest absolute Gasteiger partial charge is 0.142 e. The van der Waals surface area contributed by atoms with E-state index in [4.69, 9.17) is 4.74 Å². The van der Waals surface area contributed by atoms with Crippen LogP contribution in [0, 0.1) is 0 Å². The third-order valence-electron chi connectivity index (χ3n) is 5.34. The van der Waals surface area contributed by atoms with Gasteiger partial charge in [-0.1, -0.05) is 74.5 Å². The number of phenolic OH excluding ortho intramolecular Hbond substituents is 1. The van der Waals surface area contributed by atoms with Crippen LogP contribution in [0.3, 0.4) is 0 Å². The van der Waals surface area contributed by atoms with E-state index in [1.54, 1.807) is 6.07 Å². The van der Waals surface area contributed by atoms with Gasteiger partial charge in [0.05, 0.1) is 0 Å². The van der Waals surface area contributed by atoms with E-state index in [1.807, 2.05) is 36.4 Å². The minimum Gasteiger partial charge on any atom is -0.507 e. The van der Waals surface area contributed by atoms with Crippen molar-refractivity contribution in [1.29, 1.82) is 0 Å². The lowest BCUT2D eigenvalue weighted by Crippen LogP contribution is -2.27. The van der Waals surface area contributed by atoms with Crippen molar-refractivity contribution in [3.8, 4) is 22.6 Å². The monoisotopic (exact) mass is 371 g/mol. The highest BCUT2D eigenvalue weighted by Crippen LogP contribution is 2.44. The maximum atomic E-state index is 10.8. The fraction of sp³-hybridized carbons (Fsp3) is 0.200. The molecule has 0 aliphatic heterocycles. The first-order valence-corrected chi connectivity index (χ1v) is 9.81. The van der Waals surface area contributed by atoms with Crippen LogP contribution in [0.2, 0.25) is 0 Å². The number of nitrogens with zero attached hydrogens (tertiary/aromatic N) is 1. The number of phenols is 1. The van der Waals surface area contributed by atoms with Gasteiger partial charge in [-0.25, -0.2) is 0 Å². The molecule has 3 heteroatoms. The lowest BCUT2D eigenvalue weighted by Gasteiger charge is -2.22. The summed E-state index contributed by atoms with van der Waals surface area (Å²) in [6, 6.07) is 24.2. The van der Waals surface area contributed by atoms with E-state index in [0.29, 0.717) is 6.73 Å². The zero-order valence-electron chi connectivity index (χ0n) is 16.4. The van der Waals surface area contributed by atoms with Gasteiger partial charge in [-0.15, -0.1) is 0 Å². The van der Waals surface area contributed by atoms with Crippen LogP contribution in [0.5, 0.6) is 11.5 Å². The molecule has 4 aromatic carbocycles. The summed E-state index contributed by atoms with van der Waals surface area (Å²) in [5.41, 5.74) is 1.77. The first-order valence-electron chi connectivity index (χ1n) is 9.81. The van der Waals surface area contributed by atoms with Crippen molar-refractivity contribution in [2.24, 2.45) is 0 Å². The molecule has 28 heavy (non-hydrogen) atoms. The zero-order chi connectivity index (χ0) is 19.5. The molecule has 0 aromatic heterocycles. The predicted molar refractivity (Wildman–Crippen MR) is 117 cm³/mol. The molecule has 0 heterocycles. The summed E-state index contributed by atoms with van der Waals surface area (Å²) in [7, 11) is 0. The van der Waals surface area contributed by atoms with Crippen LogP contribution in [0.4, 0.5) is 0 Å². The lowest BCUT2D eigenvalue weighted by molar-refractivity contribution is 0.138. The van der Waals surface area contributed by atoms with E-state index >= 15 is 0 Å². The summed E-state index contributed by atoms with van der Waals surface area (Å²) in [6.45, 7) is 6.64. The van der Waals surface area contributed by atoms with Crippen molar-refractivity contribution in [1.82, 2.24) is 4.90 Å². The predicted octanol–water partition coefficient (Wildman–Crippen LogP) is 6.04. The van der Waals surface area contributed by atoms with E-state index in [9.17, 15) is 5.11 Å². The minimum absolute atomic E-state index is 0.266. The number of fused-ring (bicyclic) bond motifs is 2. The number of rotatable bonds is 6. The van der Waals surface area contributed by atoms with Gasteiger partial charge in [-0.2, -0.15) is 0 Å². The normalized spacial score (nSPS) is 11.4. The Bertz CT molecular complexity index is 1120. The van der Waals surface area contributed by atoms with Gasteiger partial charge in [0.1, 0.15) is 18.2 Å². The zero-order valence-corrected chi connectivity index (χ0v) is 16.4. The van der Waals surface area contributed by atoms with Gasteiger partial charge < -0.3 is 9.84 Å². The standard InChI is InChI=1S/C25H25NO2/c1-3-26(4-2)17-28-23-16-14-19-10-6-8-12-21(19)25(23)24-20-11-7-5-9-18(20)13-15-22(24)27/h5-16,27H,3-4,17H2,1-2H3. The number of aromatic hydroxyl groups is 1. The summed E-state index contributed by atoms with van der Waals surface area (Å²) in [5.74, 6) is 1.06. The molecule has 0 fully saturated rings. The first kappa shape index (κ1) is 18.3. The fourth-order valence-corrected chi connectivity index (χ4v) is 3.72. The average Bonchev–Trinajstić information content (AvgIpc) is 2.74. The number of hydrogen-bond donors (Lipinski definition) is 1. The van der Waals surface area contributed by atoms with Crippen LogP contribution in [-0.4, -0.2) is 29.8 Å². The number of hydrogen-bond acceptors (Lipinski definition) is 3. The van der Waals surface area contributed by atoms with Crippen molar-refractivity contribution in [3.63, 3.8) is 0 Å². The van der Waals surface area contributed by atoms with E-state index in [2.05, 4.69) is 49.1 Å². The highest BCUT2D eigenvalue weighted by Gasteiger charge is 2.18. The molecule has 0 amide bonds. The van der Waals surface area contributed by atoms with Crippen molar-refractivity contribution in [2.75, 3.05) is 19.8 Å². The van der Waals surface area contributed by atoms with Crippen molar-refractivity contribution >= 4 is 21.5 Å². The van der Waals surface area contributed by atoms with Gasteiger partial charge in [0, 0.05) is 11.1 Å². The summed E-state index contributed by atoms with van der Waals surface area (Å²) in [5, 5.41) is 15.2. The van der Waals surface area contributed by atoms with Crippen molar-refractivity contribution < 1.29 is 9.84 Å². The molecule has 0 saturated heterocycles. The Balaban J connectivity index is 1.97. The Kier molecular flexibility index (Phi) is 5.18. The molecule has 0 saturated carbocycles. The Labute approximate surface area is 165 Å². The summed E-state index contributed by atoms with van der Waals surface area (Å²) in [6.07, 6.45) is 0. The lowest BCUT2D eigenvalue weighted by atomic mass is 9.92. The van der Waals surface area contributed by atoms with Crippen LogP contribution in [0.25, 0.3) is 32.7 Å². The molecule has 0 aliphatic rings. The number of ether oxygens (including phenoxy) is 1. The maximum absolute atomic E-state index is 10.8. The summed E-state index contributed by atoms with van der Waals surface area (Å²) in [4.78, 5) is 2.22. The molecule has 0 radical (unpaired) electrons. The van der Waals surface area contributed by atoms with Gasteiger partial charge in [0.2, 0.25) is 0 Å². The van der Waals surface area contributed by atoms with Crippen molar-refractivity contribution in [3.05, 3.63) is 72.8 Å². The van der Waals surface area contributed by atoms with E-state index in [0.717, 1.165) is 51.5 Å². The van der Waals surface area contributed by atoms with Gasteiger partial charge >= 0.3 is 0 Å². The molecule has 0 aliphatic carbocycles. The van der Waals surface area contributed by atoms with Gasteiger partial charge in [0.15, 0.2) is 0 Å². The SMILES string of the molecule is CCN(CC)COc1ccc2ccccc2c1-c1c(O)ccc2ccccc12. The molecular formula is C25H25NO2. The molecule has 4 rings (SSSR count). The van der Waals surface area contributed by atoms with E-state index < -0.39 is 0 Å². The Morgan fingerprint density at radius 3 is 1.93 bits per heavy atom. The van der Waals surface area contributed by atoms with Crippen LogP contribution >= 0.6 is 0 Å². The molecule has 0 unspecified atom stereocenters. The first-order chi connectivity index (χ1) is 13.7. The second kappa shape index (κ2) is 7.91. The molecule has 4 aromatic rings. The highest BCUT2D eigenvalue weighted by atomic mass is 16.5. The fourth-order valence-electron chi connectivity index (χ4n) is 3.72. The van der Waals surface area contributed by atoms with E-state index in [-0.39, 0.29) is 5.75 Å². The molecule has 1 N–H and O–H groups in total. The van der Waals surface area contributed by atoms with Crippen LogP contribution in [0.15, 0.2) is 72.8 Å². The second-order valence-electron chi connectivity index (χ2n) is 6.92.